The second-order valence-electron chi connectivity index (χ2n) is 1.75. The Labute approximate surface area is 70.4 Å². The van der Waals surface area contributed by atoms with Crippen molar-refractivity contribution >= 4 is 27.7 Å². The molecule has 0 saturated heterocycles. The highest BCUT2D eigenvalue weighted by molar-refractivity contribution is 9.10. The summed E-state index contributed by atoms with van der Waals surface area (Å²) in [6.07, 6.45) is 0. The summed E-state index contributed by atoms with van der Waals surface area (Å²) < 4.78 is 0.176. The summed E-state index contributed by atoms with van der Waals surface area (Å²) in [5.74, 6) is -0.996. The number of rotatable bonds is 1. The molecule has 0 saturated carbocycles. The Kier molecular flexibility index (Phi) is 2.04. The van der Waals surface area contributed by atoms with Crippen LogP contribution in [0.15, 0.2) is 10.8 Å². The van der Waals surface area contributed by atoms with Crippen molar-refractivity contribution in [3.63, 3.8) is 0 Å². The minimum absolute atomic E-state index is 0.121. The molecule has 0 aromatic carbocycles. The second-order valence-corrected chi connectivity index (χ2v) is 2.46. The highest BCUT2D eigenvalue weighted by atomic mass is 79.9. The second kappa shape index (κ2) is 2.83. The van der Waals surface area contributed by atoms with Crippen LogP contribution in [-0.4, -0.2) is 21.0 Å². The SMILES string of the molecule is Nc1cc(C(=O)O)nc(Br)n1. The van der Waals surface area contributed by atoms with Crippen LogP contribution in [0.5, 0.6) is 0 Å². The zero-order valence-corrected chi connectivity index (χ0v) is 6.87. The molecule has 58 valence electrons. The summed E-state index contributed by atoms with van der Waals surface area (Å²) in [5, 5.41) is 8.47. The molecular formula is C5H4BrN3O2. The minimum Gasteiger partial charge on any atom is -0.477 e. The lowest BCUT2D eigenvalue weighted by atomic mass is 10.4. The van der Waals surface area contributed by atoms with Gasteiger partial charge in [-0.3, -0.25) is 0 Å². The molecule has 0 amide bonds. The van der Waals surface area contributed by atoms with Gasteiger partial charge >= 0.3 is 5.97 Å². The van der Waals surface area contributed by atoms with Gasteiger partial charge in [-0.05, 0) is 15.9 Å². The van der Waals surface area contributed by atoms with Crippen molar-refractivity contribution in [2.75, 3.05) is 5.73 Å². The number of hydrogen-bond acceptors (Lipinski definition) is 4. The number of carboxylic acids is 1. The number of aromatic carboxylic acids is 1. The Hall–Kier alpha value is -1.17. The highest BCUT2D eigenvalue weighted by Crippen LogP contribution is 2.07. The number of aromatic nitrogens is 2. The number of hydrogen-bond donors (Lipinski definition) is 2. The number of nitrogen functional groups attached to an aromatic ring is 1. The molecule has 0 bridgehead atoms. The zero-order chi connectivity index (χ0) is 8.43. The maximum atomic E-state index is 10.3. The molecule has 11 heavy (non-hydrogen) atoms. The van der Waals surface area contributed by atoms with E-state index in [1.165, 1.54) is 6.07 Å². The Morgan fingerprint density at radius 1 is 1.64 bits per heavy atom. The first-order chi connectivity index (χ1) is 5.09. The number of carboxylic acid groups (broad SMARTS) is 1. The Bertz CT molecular complexity index is 282. The lowest BCUT2D eigenvalue weighted by Gasteiger charge is -1.95. The average molecular weight is 218 g/mol. The molecule has 5 nitrogen and oxygen atoms in total. The lowest BCUT2D eigenvalue weighted by Crippen LogP contribution is -2.03. The maximum Gasteiger partial charge on any atom is 0.354 e. The smallest absolute Gasteiger partial charge is 0.354 e. The Morgan fingerprint density at radius 3 is 2.73 bits per heavy atom. The van der Waals surface area contributed by atoms with Crippen LogP contribution >= 0.6 is 15.9 Å². The molecule has 0 radical (unpaired) electrons. The third kappa shape index (κ3) is 1.87. The predicted molar refractivity (Wildman–Crippen MR) is 41.1 cm³/mol. The van der Waals surface area contributed by atoms with E-state index in [1.807, 2.05) is 0 Å². The molecular weight excluding hydrogens is 214 g/mol. The van der Waals surface area contributed by atoms with Crippen molar-refractivity contribution in [3.05, 3.63) is 16.5 Å². The fraction of sp³-hybridized carbons (Fsp3) is 0. The maximum absolute atomic E-state index is 10.3. The van der Waals surface area contributed by atoms with E-state index in [0.717, 1.165) is 0 Å². The van der Waals surface area contributed by atoms with E-state index in [-0.39, 0.29) is 16.2 Å². The normalized spacial score (nSPS) is 9.55. The molecule has 1 aromatic rings. The molecule has 0 spiro atoms. The van der Waals surface area contributed by atoms with Gasteiger partial charge in [-0.15, -0.1) is 0 Å². The number of nitrogens with zero attached hydrogens (tertiary/aromatic N) is 2. The van der Waals surface area contributed by atoms with E-state index in [2.05, 4.69) is 25.9 Å². The van der Waals surface area contributed by atoms with E-state index >= 15 is 0 Å². The summed E-state index contributed by atoms with van der Waals surface area (Å²) in [7, 11) is 0. The van der Waals surface area contributed by atoms with Crippen molar-refractivity contribution in [1.82, 2.24) is 9.97 Å². The van der Waals surface area contributed by atoms with Gasteiger partial charge < -0.3 is 10.8 Å². The van der Waals surface area contributed by atoms with Crippen LogP contribution in [0.4, 0.5) is 5.82 Å². The van der Waals surface area contributed by atoms with Crippen molar-refractivity contribution in [2.24, 2.45) is 0 Å². The average Bonchev–Trinajstić information content (AvgIpc) is 1.85. The van der Waals surface area contributed by atoms with Crippen LogP contribution in [0.2, 0.25) is 0 Å². The van der Waals surface area contributed by atoms with Crippen LogP contribution in [0.25, 0.3) is 0 Å². The summed E-state index contributed by atoms with van der Waals surface area (Å²) in [5.41, 5.74) is 5.13. The van der Waals surface area contributed by atoms with Gasteiger partial charge in [0.2, 0.25) is 0 Å². The van der Waals surface area contributed by atoms with Crippen molar-refractivity contribution in [1.29, 1.82) is 0 Å². The van der Waals surface area contributed by atoms with Crippen LogP contribution in [0.1, 0.15) is 10.5 Å². The first-order valence-corrected chi connectivity index (χ1v) is 3.42. The van der Waals surface area contributed by atoms with Gasteiger partial charge in [0.05, 0.1) is 0 Å². The molecule has 3 N–H and O–H groups in total. The first-order valence-electron chi connectivity index (χ1n) is 2.63. The fourth-order valence-corrected chi connectivity index (χ4v) is 0.941. The van der Waals surface area contributed by atoms with Gasteiger partial charge in [-0.1, -0.05) is 0 Å². The molecule has 1 rings (SSSR count). The molecule has 1 heterocycles. The van der Waals surface area contributed by atoms with Crippen molar-refractivity contribution < 1.29 is 9.90 Å². The van der Waals surface area contributed by atoms with Crippen LogP contribution in [-0.2, 0) is 0 Å². The monoisotopic (exact) mass is 217 g/mol. The zero-order valence-electron chi connectivity index (χ0n) is 5.28. The number of carbonyl (C=O) groups is 1. The van der Waals surface area contributed by atoms with Gasteiger partial charge in [-0.2, -0.15) is 0 Å². The summed E-state index contributed by atoms with van der Waals surface area (Å²) in [6.45, 7) is 0. The summed E-state index contributed by atoms with van der Waals surface area (Å²) >= 11 is 2.92. The van der Waals surface area contributed by atoms with Crippen LogP contribution < -0.4 is 5.73 Å². The molecule has 0 aliphatic rings. The first kappa shape index (κ1) is 7.93. The minimum atomic E-state index is -1.13. The molecule has 1 aromatic heterocycles. The molecule has 0 unspecified atom stereocenters. The van der Waals surface area contributed by atoms with Gasteiger partial charge in [0.1, 0.15) is 5.82 Å². The largest absolute Gasteiger partial charge is 0.477 e. The number of nitrogens with two attached hydrogens (primary N) is 1. The third-order valence-electron chi connectivity index (χ3n) is 0.938. The van der Waals surface area contributed by atoms with E-state index in [4.69, 9.17) is 10.8 Å². The standard InChI is InChI=1S/C5H4BrN3O2/c6-5-8-2(4(10)11)1-3(7)9-5/h1H,(H,10,11)(H2,7,8,9). The van der Waals surface area contributed by atoms with Gasteiger partial charge in [-0.25, -0.2) is 14.8 Å². The summed E-state index contributed by atoms with van der Waals surface area (Å²) in [6, 6.07) is 1.19. The molecule has 6 heteroatoms. The quantitative estimate of drug-likeness (QED) is 0.670. The van der Waals surface area contributed by atoms with Gasteiger partial charge in [0.15, 0.2) is 10.4 Å². The molecule has 0 atom stereocenters. The topological polar surface area (TPSA) is 89.1 Å². The van der Waals surface area contributed by atoms with Crippen LogP contribution in [0.3, 0.4) is 0 Å². The van der Waals surface area contributed by atoms with Crippen LogP contribution in [0, 0.1) is 0 Å². The molecule has 0 aliphatic carbocycles. The molecule has 0 aliphatic heterocycles. The van der Waals surface area contributed by atoms with E-state index in [0.29, 0.717) is 0 Å². The highest BCUT2D eigenvalue weighted by Gasteiger charge is 2.06. The lowest BCUT2D eigenvalue weighted by molar-refractivity contribution is 0.0690. The van der Waals surface area contributed by atoms with E-state index < -0.39 is 5.97 Å². The summed E-state index contributed by atoms with van der Waals surface area (Å²) in [4.78, 5) is 17.5. The number of anilines is 1. The van der Waals surface area contributed by atoms with Crippen molar-refractivity contribution in [3.8, 4) is 0 Å². The predicted octanol–water partition coefficient (Wildman–Crippen LogP) is 0.520. The van der Waals surface area contributed by atoms with E-state index in [9.17, 15) is 4.79 Å². The Morgan fingerprint density at radius 2 is 2.27 bits per heavy atom. The van der Waals surface area contributed by atoms with Crippen molar-refractivity contribution in [2.45, 2.75) is 0 Å². The fourth-order valence-electron chi connectivity index (χ4n) is 0.545. The van der Waals surface area contributed by atoms with Gasteiger partial charge in [0.25, 0.3) is 0 Å². The Balaban J connectivity index is 3.19. The van der Waals surface area contributed by atoms with Gasteiger partial charge in [0, 0.05) is 6.07 Å². The number of halogens is 1. The van der Waals surface area contributed by atoms with E-state index in [1.54, 1.807) is 0 Å². The third-order valence-corrected chi connectivity index (χ3v) is 1.29. The molecule has 0 fully saturated rings.